The minimum Gasteiger partial charge on any atom is -0.408 e. The van der Waals surface area contributed by atoms with Gasteiger partial charge in [0.2, 0.25) is 5.82 Å². The smallest absolute Gasteiger partial charge is 0.308 e. The highest BCUT2D eigenvalue weighted by molar-refractivity contribution is 5.39. The predicted molar refractivity (Wildman–Crippen MR) is 125 cm³/mol. The van der Waals surface area contributed by atoms with Crippen LogP contribution >= 0.6 is 0 Å². The standard InChI is InChI=1S/C24H36FN3O3/c1-4-11-20(3)12-7-6-9-16-26-19-21(5-2)13-8-10-17-27-31-22-14-15-23(25)24(18-22)28(29)30/h6-7,9,12-15,18,20,26-27H,4-5,8,10-11,16-17,19H2,1-3H3/b9-6-,12-7-,21-13-. The number of unbranched alkanes of at least 4 members (excludes halogenated alkanes) is 1. The van der Waals surface area contributed by atoms with Crippen molar-refractivity contribution >= 4 is 5.69 Å². The summed E-state index contributed by atoms with van der Waals surface area (Å²) in [7, 11) is 0. The molecule has 0 saturated carbocycles. The van der Waals surface area contributed by atoms with Crippen LogP contribution in [0.3, 0.4) is 0 Å². The number of rotatable bonds is 16. The van der Waals surface area contributed by atoms with Crippen molar-refractivity contribution in [2.45, 2.75) is 52.9 Å². The average Bonchev–Trinajstić information content (AvgIpc) is 2.74. The second-order valence-electron chi connectivity index (χ2n) is 7.43. The fourth-order valence-electron chi connectivity index (χ4n) is 2.92. The third-order valence-electron chi connectivity index (χ3n) is 4.72. The van der Waals surface area contributed by atoms with Crippen LogP contribution in [-0.2, 0) is 0 Å². The molecule has 0 spiro atoms. The zero-order valence-corrected chi connectivity index (χ0v) is 18.9. The minimum absolute atomic E-state index is 0.213. The van der Waals surface area contributed by atoms with Crippen LogP contribution in [0.5, 0.6) is 5.75 Å². The number of hydrogen-bond acceptors (Lipinski definition) is 5. The molecular weight excluding hydrogens is 397 g/mol. The maximum Gasteiger partial charge on any atom is 0.308 e. The number of nitrogens with one attached hydrogen (secondary N) is 2. The minimum atomic E-state index is -0.878. The van der Waals surface area contributed by atoms with Crippen molar-refractivity contribution in [3.8, 4) is 5.75 Å². The van der Waals surface area contributed by atoms with Gasteiger partial charge in [-0.25, -0.2) is 0 Å². The molecule has 6 nitrogen and oxygen atoms in total. The SMILES string of the molecule is CCCC(C)/C=C\C=C/CNC/C(=C\CCCNOc1ccc(F)c([N+](=O)[O-])c1)CC. The monoisotopic (exact) mass is 433 g/mol. The summed E-state index contributed by atoms with van der Waals surface area (Å²) in [6.07, 6.45) is 16.0. The first-order chi connectivity index (χ1) is 15.0. The average molecular weight is 434 g/mol. The molecule has 1 aromatic carbocycles. The normalized spacial score (nSPS) is 13.2. The maximum absolute atomic E-state index is 13.3. The lowest BCUT2D eigenvalue weighted by Gasteiger charge is -2.08. The molecule has 0 bridgehead atoms. The summed E-state index contributed by atoms with van der Waals surface area (Å²) < 4.78 is 13.3. The quantitative estimate of drug-likeness (QED) is 0.112. The Bertz CT molecular complexity index is 748. The zero-order chi connectivity index (χ0) is 22.9. The molecule has 2 N–H and O–H groups in total. The van der Waals surface area contributed by atoms with Gasteiger partial charge in [0.15, 0.2) is 5.75 Å². The molecule has 0 aromatic heterocycles. The van der Waals surface area contributed by atoms with Crippen molar-refractivity contribution in [3.63, 3.8) is 0 Å². The Hall–Kier alpha value is -2.51. The van der Waals surface area contributed by atoms with Gasteiger partial charge in [-0.3, -0.25) is 10.1 Å². The van der Waals surface area contributed by atoms with Crippen molar-refractivity contribution in [2.75, 3.05) is 19.6 Å². The van der Waals surface area contributed by atoms with Crippen LogP contribution in [0.4, 0.5) is 10.1 Å². The van der Waals surface area contributed by atoms with Crippen molar-refractivity contribution < 1.29 is 14.2 Å². The molecule has 1 atom stereocenters. The molecule has 0 fully saturated rings. The highest BCUT2D eigenvalue weighted by Gasteiger charge is 2.14. The summed E-state index contributed by atoms with van der Waals surface area (Å²) in [5.41, 5.74) is 3.52. The molecule has 0 aliphatic rings. The summed E-state index contributed by atoms with van der Waals surface area (Å²) in [4.78, 5) is 15.2. The molecule has 0 aliphatic carbocycles. The third kappa shape index (κ3) is 12.1. The molecular formula is C24H36FN3O3. The molecule has 31 heavy (non-hydrogen) atoms. The Morgan fingerprint density at radius 1 is 1.32 bits per heavy atom. The van der Waals surface area contributed by atoms with Crippen LogP contribution in [0.2, 0.25) is 0 Å². The number of nitro groups is 1. The fraction of sp³-hybridized carbons (Fsp3) is 0.500. The molecule has 0 heterocycles. The lowest BCUT2D eigenvalue weighted by Crippen LogP contribution is -2.20. The lowest BCUT2D eigenvalue weighted by atomic mass is 10.1. The van der Waals surface area contributed by atoms with E-state index in [0.29, 0.717) is 12.5 Å². The van der Waals surface area contributed by atoms with E-state index < -0.39 is 16.4 Å². The number of hydrogen-bond donors (Lipinski definition) is 2. The van der Waals surface area contributed by atoms with E-state index >= 15 is 0 Å². The van der Waals surface area contributed by atoms with Gasteiger partial charge >= 0.3 is 5.69 Å². The van der Waals surface area contributed by atoms with Crippen molar-refractivity contribution in [2.24, 2.45) is 5.92 Å². The first-order valence-electron chi connectivity index (χ1n) is 11.0. The van der Waals surface area contributed by atoms with E-state index in [1.54, 1.807) is 0 Å². The second-order valence-corrected chi connectivity index (χ2v) is 7.43. The molecule has 0 radical (unpaired) electrons. The fourth-order valence-corrected chi connectivity index (χ4v) is 2.92. The zero-order valence-electron chi connectivity index (χ0n) is 18.9. The van der Waals surface area contributed by atoms with E-state index in [9.17, 15) is 14.5 Å². The molecule has 0 amide bonds. The van der Waals surface area contributed by atoms with E-state index in [1.807, 2.05) is 0 Å². The van der Waals surface area contributed by atoms with Gasteiger partial charge in [-0.2, -0.15) is 9.87 Å². The number of nitro benzene ring substituents is 1. The number of hydroxylamine groups is 1. The Balaban J connectivity index is 2.21. The lowest BCUT2D eigenvalue weighted by molar-refractivity contribution is -0.387. The highest BCUT2D eigenvalue weighted by Crippen LogP contribution is 2.22. The molecule has 1 rings (SSSR count). The van der Waals surface area contributed by atoms with Crippen LogP contribution in [0, 0.1) is 21.8 Å². The summed E-state index contributed by atoms with van der Waals surface area (Å²) in [6, 6.07) is 3.45. The number of allylic oxidation sites excluding steroid dienone is 4. The topological polar surface area (TPSA) is 76.4 Å². The summed E-state index contributed by atoms with van der Waals surface area (Å²) >= 11 is 0. The Morgan fingerprint density at radius 2 is 2.13 bits per heavy atom. The molecule has 0 aliphatic heterocycles. The van der Waals surface area contributed by atoms with Crippen LogP contribution in [-0.4, -0.2) is 24.6 Å². The van der Waals surface area contributed by atoms with Crippen molar-refractivity contribution in [1.82, 2.24) is 10.8 Å². The van der Waals surface area contributed by atoms with Gasteiger partial charge in [0.25, 0.3) is 0 Å². The van der Waals surface area contributed by atoms with Crippen LogP contribution in [0.15, 0.2) is 54.2 Å². The Morgan fingerprint density at radius 3 is 2.84 bits per heavy atom. The number of halogens is 1. The van der Waals surface area contributed by atoms with Gasteiger partial charge in [-0.15, -0.1) is 0 Å². The van der Waals surface area contributed by atoms with Crippen LogP contribution in [0.1, 0.15) is 52.9 Å². The molecule has 7 heteroatoms. The Labute approximate surface area is 185 Å². The van der Waals surface area contributed by atoms with Gasteiger partial charge in [0, 0.05) is 19.6 Å². The van der Waals surface area contributed by atoms with Gasteiger partial charge in [0.05, 0.1) is 11.0 Å². The van der Waals surface area contributed by atoms with Crippen LogP contribution < -0.4 is 15.6 Å². The van der Waals surface area contributed by atoms with Gasteiger partial charge in [0.1, 0.15) is 0 Å². The summed E-state index contributed by atoms with van der Waals surface area (Å²) in [5.74, 6) is -0.0344. The molecule has 1 unspecified atom stereocenters. The van der Waals surface area contributed by atoms with E-state index in [0.717, 1.165) is 44.5 Å². The van der Waals surface area contributed by atoms with Crippen LogP contribution in [0.25, 0.3) is 0 Å². The third-order valence-corrected chi connectivity index (χ3v) is 4.72. The van der Waals surface area contributed by atoms with Crippen molar-refractivity contribution in [1.29, 1.82) is 0 Å². The summed E-state index contributed by atoms with van der Waals surface area (Å²) in [5, 5.41) is 14.2. The van der Waals surface area contributed by atoms with Gasteiger partial charge in [-0.05, 0) is 43.7 Å². The van der Waals surface area contributed by atoms with E-state index in [1.165, 1.54) is 24.5 Å². The molecule has 172 valence electrons. The predicted octanol–water partition coefficient (Wildman–Crippen LogP) is 5.87. The molecule has 1 aromatic rings. The largest absolute Gasteiger partial charge is 0.408 e. The van der Waals surface area contributed by atoms with Gasteiger partial charge in [-0.1, -0.05) is 63.1 Å². The highest BCUT2D eigenvalue weighted by atomic mass is 19.1. The number of nitrogens with zero attached hydrogens (tertiary/aromatic N) is 1. The first kappa shape index (κ1) is 26.5. The Kier molecular flexibility index (Phi) is 13.9. The van der Waals surface area contributed by atoms with E-state index in [-0.39, 0.29) is 5.75 Å². The van der Waals surface area contributed by atoms with E-state index in [2.05, 4.69) is 61.9 Å². The van der Waals surface area contributed by atoms with Crippen molar-refractivity contribution in [3.05, 3.63) is 70.1 Å². The maximum atomic E-state index is 13.3. The van der Waals surface area contributed by atoms with E-state index in [4.69, 9.17) is 4.84 Å². The molecule has 0 saturated heterocycles. The van der Waals surface area contributed by atoms with Gasteiger partial charge < -0.3 is 10.2 Å². The first-order valence-corrected chi connectivity index (χ1v) is 11.0. The summed E-state index contributed by atoms with van der Waals surface area (Å²) in [6.45, 7) is 8.86. The number of benzene rings is 1. The second kappa shape index (κ2) is 16.2.